The van der Waals surface area contributed by atoms with Crippen LogP contribution >= 0.6 is 11.8 Å². The van der Waals surface area contributed by atoms with Gasteiger partial charge in [-0.3, -0.25) is 14.9 Å². The highest BCUT2D eigenvalue weighted by molar-refractivity contribution is 8.18. The third-order valence-corrected chi connectivity index (χ3v) is 4.01. The predicted molar refractivity (Wildman–Crippen MR) is 73.9 cm³/mol. The number of nitrogens with one attached hydrogen (secondary N) is 1. The Labute approximate surface area is 115 Å². The first kappa shape index (κ1) is 12.3. The molecule has 0 bridgehead atoms. The van der Waals surface area contributed by atoms with Crippen molar-refractivity contribution in [3.05, 3.63) is 22.8 Å². The quantitative estimate of drug-likeness (QED) is 0.842. The summed E-state index contributed by atoms with van der Waals surface area (Å²) in [5.74, 6) is 1.08. The molecule has 2 aliphatic heterocycles. The van der Waals surface area contributed by atoms with E-state index < -0.39 is 0 Å². The van der Waals surface area contributed by atoms with Crippen LogP contribution in [0.15, 0.2) is 21.5 Å². The van der Waals surface area contributed by atoms with Crippen LogP contribution in [-0.2, 0) is 4.79 Å². The van der Waals surface area contributed by atoms with E-state index in [2.05, 4.69) is 10.2 Å². The lowest BCUT2D eigenvalue weighted by Crippen LogP contribution is -2.28. The number of thioether (sulfide) groups is 1. The minimum atomic E-state index is -0.356. The van der Waals surface area contributed by atoms with E-state index in [1.54, 1.807) is 6.08 Å². The summed E-state index contributed by atoms with van der Waals surface area (Å²) in [7, 11) is 0. The van der Waals surface area contributed by atoms with Crippen molar-refractivity contribution in [3.63, 3.8) is 0 Å². The highest BCUT2D eigenvalue weighted by Crippen LogP contribution is 2.28. The number of piperidine rings is 1. The Balaban J connectivity index is 1.76. The molecule has 0 saturated carbocycles. The minimum absolute atomic E-state index is 0.334. The second kappa shape index (κ2) is 5.13. The van der Waals surface area contributed by atoms with Crippen molar-refractivity contribution >= 4 is 34.9 Å². The van der Waals surface area contributed by atoms with Gasteiger partial charge >= 0.3 is 0 Å². The summed E-state index contributed by atoms with van der Waals surface area (Å²) in [4.78, 5) is 25.1. The average molecular weight is 278 g/mol. The van der Waals surface area contributed by atoms with E-state index in [0.717, 1.165) is 30.7 Å². The molecular formula is C13H14N2O3S. The summed E-state index contributed by atoms with van der Waals surface area (Å²) in [6.45, 7) is 2.02. The number of carbonyl (C=O) groups excluding carboxylic acids is 2. The number of rotatable bonds is 2. The van der Waals surface area contributed by atoms with Crippen molar-refractivity contribution in [2.45, 2.75) is 19.3 Å². The number of furan rings is 1. The van der Waals surface area contributed by atoms with Gasteiger partial charge in [0.05, 0.1) is 4.91 Å². The molecule has 2 aliphatic rings. The fourth-order valence-corrected chi connectivity index (χ4v) is 2.92. The first-order chi connectivity index (χ1) is 9.22. The van der Waals surface area contributed by atoms with Crippen LogP contribution in [0.25, 0.3) is 6.08 Å². The van der Waals surface area contributed by atoms with E-state index >= 15 is 0 Å². The Bertz CT molecular complexity index is 544. The van der Waals surface area contributed by atoms with Gasteiger partial charge in [-0.1, -0.05) is 0 Å². The highest BCUT2D eigenvalue weighted by Gasteiger charge is 2.25. The lowest BCUT2D eigenvalue weighted by molar-refractivity contribution is -0.115. The molecule has 1 aromatic heterocycles. The van der Waals surface area contributed by atoms with Crippen molar-refractivity contribution < 1.29 is 14.0 Å². The number of hydrogen-bond acceptors (Lipinski definition) is 5. The van der Waals surface area contributed by atoms with E-state index in [4.69, 9.17) is 4.42 Å². The lowest BCUT2D eigenvalue weighted by Gasteiger charge is -2.25. The minimum Gasteiger partial charge on any atom is -0.441 e. The van der Waals surface area contributed by atoms with Crippen LogP contribution in [0.2, 0.25) is 0 Å². The normalized spacial score (nSPS) is 22.1. The van der Waals surface area contributed by atoms with Gasteiger partial charge in [0.15, 0.2) is 5.88 Å². The molecular weight excluding hydrogens is 264 g/mol. The molecule has 0 unspecified atom stereocenters. The number of amides is 2. The second-order valence-corrected chi connectivity index (χ2v) is 5.59. The molecule has 0 aliphatic carbocycles. The van der Waals surface area contributed by atoms with Gasteiger partial charge in [0, 0.05) is 25.2 Å². The fourth-order valence-electron chi connectivity index (χ4n) is 2.25. The van der Waals surface area contributed by atoms with Crippen LogP contribution in [0.3, 0.4) is 0 Å². The van der Waals surface area contributed by atoms with E-state index in [1.165, 1.54) is 19.3 Å². The molecule has 1 aromatic rings. The van der Waals surface area contributed by atoms with Crippen LogP contribution in [0.1, 0.15) is 25.0 Å². The lowest BCUT2D eigenvalue weighted by atomic mass is 10.1. The summed E-state index contributed by atoms with van der Waals surface area (Å²) in [6.07, 6.45) is 5.25. The molecule has 0 spiro atoms. The Morgan fingerprint density at radius 1 is 1.21 bits per heavy atom. The number of nitrogens with zero attached hydrogens (tertiary/aromatic N) is 1. The molecule has 3 heterocycles. The molecule has 5 nitrogen and oxygen atoms in total. The van der Waals surface area contributed by atoms with Gasteiger partial charge in [0.25, 0.3) is 11.1 Å². The average Bonchev–Trinajstić information content (AvgIpc) is 2.99. The molecule has 2 fully saturated rings. The molecule has 19 heavy (non-hydrogen) atoms. The third kappa shape index (κ3) is 2.68. The van der Waals surface area contributed by atoms with Gasteiger partial charge < -0.3 is 9.32 Å². The Hall–Kier alpha value is -1.69. The van der Waals surface area contributed by atoms with Crippen molar-refractivity contribution in [1.82, 2.24) is 5.32 Å². The zero-order valence-electron chi connectivity index (χ0n) is 10.3. The SMILES string of the molecule is O=C1NC(=O)/C(=C/c2ccc(N3CCCCC3)o2)S1. The summed E-state index contributed by atoms with van der Waals surface area (Å²) in [5, 5.41) is 1.89. The summed E-state index contributed by atoms with van der Waals surface area (Å²) in [6, 6.07) is 3.74. The maximum absolute atomic E-state index is 11.4. The zero-order valence-corrected chi connectivity index (χ0v) is 11.2. The standard InChI is InChI=1S/C13H14N2O3S/c16-12-10(19-13(17)14-12)8-9-4-5-11(18-9)15-6-2-1-3-7-15/h4-5,8H,1-3,6-7H2,(H,14,16,17)/b10-8-. The van der Waals surface area contributed by atoms with E-state index in [-0.39, 0.29) is 11.1 Å². The number of carbonyl (C=O) groups is 2. The highest BCUT2D eigenvalue weighted by atomic mass is 32.2. The van der Waals surface area contributed by atoms with E-state index in [0.29, 0.717) is 10.7 Å². The van der Waals surface area contributed by atoms with Crippen LogP contribution in [-0.4, -0.2) is 24.2 Å². The predicted octanol–water partition coefficient (Wildman–Crippen LogP) is 2.59. The Morgan fingerprint density at radius 2 is 2.00 bits per heavy atom. The van der Waals surface area contributed by atoms with E-state index in [1.807, 2.05) is 12.1 Å². The second-order valence-electron chi connectivity index (χ2n) is 4.58. The first-order valence-electron chi connectivity index (χ1n) is 6.32. The van der Waals surface area contributed by atoms with Crippen LogP contribution in [0.4, 0.5) is 10.7 Å². The number of anilines is 1. The molecule has 0 aromatic carbocycles. The molecule has 2 saturated heterocycles. The monoisotopic (exact) mass is 278 g/mol. The summed E-state index contributed by atoms with van der Waals surface area (Å²) < 4.78 is 5.71. The molecule has 6 heteroatoms. The molecule has 0 atom stereocenters. The summed E-state index contributed by atoms with van der Waals surface area (Å²) in [5.41, 5.74) is 0. The topological polar surface area (TPSA) is 62.6 Å². The van der Waals surface area contributed by atoms with Gasteiger partial charge in [0.2, 0.25) is 0 Å². The molecule has 0 radical (unpaired) electrons. The van der Waals surface area contributed by atoms with Gasteiger partial charge in [-0.05, 0) is 37.1 Å². The summed E-state index contributed by atoms with van der Waals surface area (Å²) >= 11 is 0.901. The molecule has 3 rings (SSSR count). The largest absolute Gasteiger partial charge is 0.441 e. The van der Waals surface area contributed by atoms with Crippen molar-refractivity contribution in [2.24, 2.45) is 0 Å². The maximum atomic E-state index is 11.4. The van der Waals surface area contributed by atoms with Crippen LogP contribution in [0, 0.1) is 0 Å². The van der Waals surface area contributed by atoms with Crippen LogP contribution < -0.4 is 10.2 Å². The van der Waals surface area contributed by atoms with E-state index in [9.17, 15) is 9.59 Å². The van der Waals surface area contributed by atoms with Crippen LogP contribution in [0.5, 0.6) is 0 Å². The zero-order chi connectivity index (χ0) is 13.2. The van der Waals surface area contributed by atoms with Gasteiger partial charge in [-0.2, -0.15) is 0 Å². The van der Waals surface area contributed by atoms with Gasteiger partial charge in [-0.15, -0.1) is 0 Å². The number of imide groups is 1. The van der Waals surface area contributed by atoms with Crippen molar-refractivity contribution in [2.75, 3.05) is 18.0 Å². The number of hydrogen-bond donors (Lipinski definition) is 1. The fraction of sp³-hybridized carbons (Fsp3) is 0.385. The van der Waals surface area contributed by atoms with Crippen molar-refractivity contribution in [1.29, 1.82) is 0 Å². The molecule has 1 N–H and O–H groups in total. The maximum Gasteiger partial charge on any atom is 0.290 e. The van der Waals surface area contributed by atoms with Gasteiger partial charge in [-0.25, -0.2) is 0 Å². The Kier molecular flexibility index (Phi) is 3.33. The van der Waals surface area contributed by atoms with Gasteiger partial charge in [0.1, 0.15) is 5.76 Å². The first-order valence-corrected chi connectivity index (χ1v) is 7.14. The molecule has 2 amide bonds. The van der Waals surface area contributed by atoms with Crippen molar-refractivity contribution in [3.8, 4) is 0 Å². The third-order valence-electron chi connectivity index (χ3n) is 3.20. The Morgan fingerprint density at radius 3 is 2.68 bits per heavy atom. The molecule has 100 valence electrons. The smallest absolute Gasteiger partial charge is 0.290 e.